The quantitative estimate of drug-likeness (QED) is 0.835. The minimum absolute atomic E-state index is 0.307. The molecular weight excluding hydrogens is 270 g/mol. The van der Waals surface area contributed by atoms with Crippen molar-refractivity contribution < 1.29 is 19.1 Å². The first kappa shape index (κ1) is 14.3. The first-order valence-corrected chi connectivity index (χ1v) is 6.16. The third-order valence-electron chi connectivity index (χ3n) is 2.53. The summed E-state index contributed by atoms with van der Waals surface area (Å²) in [5.41, 5.74) is 0.463. The minimum atomic E-state index is -1.49. The van der Waals surface area contributed by atoms with Crippen LogP contribution in [-0.2, 0) is 9.59 Å². The van der Waals surface area contributed by atoms with Crippen LogP contribution in [-0.4, -0.2) is 11.9 Å². The molecule has 0 radical (unpaired) electrons. The second-order valence-electron chi connectivity index (χ2n) is 4.09. The molecule has 1 N–H and O–H groups in total. The number of carbonyl (C=O) groups is 2. The number of rotatable bonds is 5. The molecule has 2 rings (SSSR count). The summed E-state index contributed by atoms with van der Waals surface area (Å²) in [6, 6.07) is 12.3. The fourth-order valence-corrected chi connectivity index (χ4v) is 1.57. The molecule has 21 heavy (non-hydrogen) atoms. The van der Waals surface area contributed by atoms with E-state index in [2.05, 4.69) is 5.32 Å². The van der Waals surface area contributed by atoms with Gasteiger partial charge in [-0.2, -0.15) is 0 Å². The Morgan fingerprint density at radius 2 is 1.86 bits per heavy atom. The highest BCUT2D eigenvalue weighted by Gasteiger charge is 2.04. The number of carbonyl (C=O) groups excluding carboxylic acids is 2. The molecule has 0 bridgehead atoms. The Morgan fingerprint density at radius 1 is 1.10 bits per heavy atom. The summed E-state index contributed by atoms with van der Waals surface area (Å²) in [5, 5.41) is 13.2. The summed E-state index contributed by atoms with van der Waals surface area (Å²) in [6.45, 7) is 0. The zero-order valence-corrected chi connectivity index (χ0v) is 11.0. The van der Waals surface area contributed by atoms with Crippen LogP contribution >= 0.6 is 0 Å². The van der Waals surface area contributed by atoms with E-state index in [0.29, 0.717) is 5.76 Å². The second kappa shape index (κ2) is 6.91. The number of aliphatic carboxylic acids is 1. The predicted molar refractivity (Wildman–Crippen MR) is 75.3 cm³/mol. The molecule has 5 heteroatoms. The van der Waals surface area contributed by atoms with Crippen LogP contribution in [0.1, 0.15) is 11.3 Å². The highest BCUT2D eigenvalue weighted by molar-refractivity contribution is 6.00. The Kier molecular flexibility index (Phi) is 4.71. The van der Waals surface area contributed by atoms with Crippen LogP contribution in [0.2, 0.25) is 0 Å². The highest BCUT2D eigenvalue weighted by atomic mass is 16.4. The Morgan fingerprint density at radius 3 is 2.48 bits per heavy atom. The molecule has 0 atom stereocenters. The van der Waals surface area contributed by atoms with Gasteiger partial charge in [-0.25, -0.2) is 0 Å². The normalized spacial score (nSPS) is 11.5. The number of benzene rings is 1. The van der Waals surface area contributed by atoms with E-state index >= 15 is 0 Å². The lowest BCUT2D eigenvalue weighted by molar-refractivity contribution is -0.299. The van der Waals surface area contributed by atoms with Gasteiger partial charge in [0.1, 0.15) is 5.76 Å². The lowest BCUT2D eigenvalue weighted by Crippen LogP contribution is -2.34. The van der Waals surface area contributed by atoms with Gasteiger partial charge < -0.3 is 19.6 Å². The number of carboxylic acid groups (broad SMARTS) is 1. The van der Waals surface area contributed by atoms with Crippen LogP contribution in [0.15, 0.2) is 64.9 Å². The standard InChI is InChI=1S/C16H13NO4/c18-15(9-8-12-5-2-1-3-6-12)17-14(16(19)20)11-13-7-4-10-21-13/h1-11H,(H,17,18)(H,19,20)/p-1/b9-8+,14-11-. The number of carboxylic acids is 1. The average Bonchev–Trinajstić information content (AvgIpc) is 2.98. The van der Waals surface area contributed by atoms with E-state index in [1.807, 2.05) is 30.3 Å². The molecule has 1 aromatic carbocycles. The van der Waals surface area contributed by atoms with Crippen molar-refractivity contribution in [3.63, 3.8) is 0 Å². The molecule has 0 aliphatic rings. The molecule has 0 aliphatic carbocycles. The fourth-order valence-electron chi connectivity index (χ4n) is 1.57. The fraction of sp³-hybridized carbons (Fsp3) is 0. The molecule has 0 saturated carbocycles. The van der Waals surface area contributed by atoms with E-state index in [-0.39, 0.29) is 5.70 Å². The van der Waals surface area contributed by atoms with Crippen molar-refractivity contribution in [2.45, 2.75) is 0 Å². The van der Waals surface area contributed by atoms with Crippen molar-refractivity contribution >= 4 is 24.0 Å². The van der Waals surface area contributed by atoms with Crippen LogP contribution in [0.4, 0.5) is 0 Å². The van der Waals surface area contributed by atoms with Gasteiger partial charge in [0.15, 0.2) is 0 Å². The van der Waals surface area contributed by atoms with Crippen LogP contribution in [0.3, 0.4) is 0 Å². The molecule has 1 aromatic heterocycles. The number of furan rings is 1. The maximum Gasteiger partial charge on any atom is 0.248 e. The van der Waals surface area contributed by atoms with Gasteiger partial charge in [-0.1, -0.05) is 30.3 Å². The molecular formula is C16H12NO4-. The topological polar surface area (TPSA) is 82.4 Å². The number of hydrogen-bond acceptors (Lipinski definition) is 4. The van der Waals surface area contributed by atoms with Crippen molar-refractivity contribution in [1.29, 1.82) is 0 Å². The van der Waals surface area contributed by atoms with Gasteiger partial charge in [-0.3, -0.25) is 4.79 Å². The summed E-state index contributed by atoms with van der Waals surface area (Å²) in [7, 11) is 0. The predicted octanol–water partition coefficient (Wildman–Crippen LogP) is 1.20. The molecule has 0 aliphatic heterocycles. The van der Waals surface area contributed by atoms with E-state index in [1.165, 1.54) is 18.4 Å². The summed E-state index contributed by atoms with van der Waals surface area (Å²) >= 11 is 0. The van der Waals surface area contributed by atoms with Gasteiger partial charge in [-0.05, 0) is 23.8 Å². The van der Waals surface area contributed by atoms with Gasteiger partial charge in [0, 0.05) is 12.2 Å². The van der Waals surface area contributed by atoms with Gasteiger partial charge in [0.2, 0.25) is 5.91 Å². The summed E-state index contributed by atoms with van der Waals surface area (Å²) in [6.07, 6.45) is 5.41. The van der Waals surface area contributed by atoms with Crippen molar-refractivity contribution in [1.82, 2.24) is 5.32 Å². The van der Waals surface area contributed by atoms with Gasteiger partial charge in [0.25, 0.3) is 0 Å². The van der Waals surface area contributed by atoms with Crippen LogP contribution < -0.4 is 10.4 Å². The monoisotopic (exact) mass is 282 g/mol. The molecule has 1 heterocycles. The van der Waals surface area contributed by atoms with E-state index in [1.54, 1.807) is 18.2 Å². The summed E-state index contributed by atoms with van der Waals surface area (Å²) in [5.74, 6) is -1.75. The summed E-state index contributed by atoms with van der Waals surface area (Å²) < 4.78 is 4.99. The zero-order chi connectivity index (χ0) is 15.1. The SMILES string of the molecule is O=C(/C=C/c1ccccc1)N/C(=C\c1ccco1)C(=O)[O-]. The van der Waals surface area contributed by atoms with Gasteiger partial charge in [-0.15, -0.1) is 0 Å². The van der Waals surface area contributed by atoms with Crippen molar-refractivity contribution in [2.75, 3.05) is 0 Å². The molecule has 2 aromatic rings. The maximum atomic E-state index is 11.7. The number of nitrogens with one attached hydrogen (secondary N) is 1. The molecule has 5 nitrogen and oxygen atoms in total. The van der Waals surface area contributed by atoms with Crippen LogP contribution in [0.5, 0.6) is 0 Å². The van der Waals surface area contributed by atoms with Crippen LogP contribution in [0, 0.1) is 0 Å². The molecule has 1 amide bonds. The molecule has 0 saturated heterocycles. The van der Waals surface area contributed by atoms with E-state index in [9.17, 15) is 14.7 Å². The number of amides is 1. The van der Waals surface area contributed by atoms with E-state index in [0.717, 1.165) is 5.56 Å². The Labute approximate surface area is 121 Å². The largest absolute Gasteiger partial charge is 0.543 e. The maximum absolute atomic E-state index is 11.7. The van der Waals surface area contributed by atoms with Gasteiger partial charge >= 0.3 is 0 Å². The first-order valence-electron chi connectivity index (χ1n) is 6.16. The lowest BCUT2D eigenvalue weighted by atomic mass is 10.2. The molecule has 106 valence electrons. The average molecular weight is 282 g/mol. The minimum Gasteiger partial charge on any atom is -0.543 e. The Hall–Kier alpha value is -3.08. The van der Waals surface area contributed by atoms with Crippen molar-refractivity contribution in [3.8, 4) is 0 Å². The third kappa shape index (κ3) is 4.50. The highest BCUT2D eigenvalue weighted by Crippen LogP contribution is 2.06. The Bertz CT molecular complexity index is 670. The molecule has 0 spiro atoms. The van der Waals surface area contributed by atoms with E-state index < -0.39 is 11.9 Å². The summed E-state index contributed by atoms with van der Waals surface area (Å²) in [4.78, 5) is 22.7. The number of hydrogen-bond donors (Lipinski definition) is 1. The second-order valence-corrected chi connectivity index (χ2v) is 4.09. The molecule has 0 unspecified atom stereocenters. The van der Waals surface area contributed by atoms with Gasteiger partial charge in [0.05, 0.1) is 17.9 Å². The smallest absolute Gasteiger partial charge is 0.248 e. The van der Waals surface area contributed by atoms with E-state index in [4.69, 9.17) is 4.42 Å². The molecule has 0 fully saturated rings. The zero-order valence-electron chi connectivity index (χ0n) is 11.0. The first-order chi connectivity index (χ1) is 10.1. The Balaban J connectivity index is 2.06. The lowest BCUT2D eigenvalue weighted by Gasteiger charge is -2.08. The van der Waals surface area contributed by atoms with Crippen LogP contribution in [0.25, 0.3) is 12.2 Å². The van der Waals surface area contributed by atoms with Crippen molar-refractivity contribution in [2.24, 2.45) is 0 Å². The van der Waals surface area contributed by atoms with Crippen molar-refractivity contribution in [3.05, 3.63) is 71.8 Å². The third-order valence-corrected chi connectivity index (χ3v) is 2.53.